The van der Waals surface area contributed by atoms with Gasteiger partial charge in [0, 0.05) is 38.6 Å². The van der Waals surface area contributed by atoms with E-state index in [4.69, 9.17) is 0 Å². The van der Waals surface area contributed by atoms with Crippen LogP contribution in [0.2, 0.25) is 0 Å². The van der Waals surface area contributed by atoms with E-state index in [9.17, 15) is 8.42 Å². The molecule has 1 atom stereocenters. The Balaban J connectivity index is 0.00000450. The van der Waals surface area contributed by atoms with Crippen LogP contribution in [0, 0.1) is 5.92 Å². The largest absolute Gasteiger partial charge is 0.355 e. The molecule has 1 aliphatic heterocycles. The van der Waals surface area contributed by atoms with Crippen molar-refractivity contribution < 1.29 is 8.42 Å². The SMILES string of the molecule is CN=C(NCc1ccc(S(=O)(=O)N(C)C)s1)NCC(C(C)C)N1CCCCCC1.I. The summed E-state index contributed by atoms with van der Waals surface area (Å²) < 4.78 is 26.1. The maximum atomic E-state index is 12.2. The third kappa shape index (κ3) is 7.92. The zero-order valence-electron chi connectivity index (χ0n) is 18.8. The monoisotopic (exact) mass is 571 g/mol. The number of nitrogens with zero attached hydrogens (tertiary/aromatic N) is 3. The van der Waals surface area contributed by atoms with E-state index in [0.717, 1.165) is 17.4 Å². The van der Waals surface area contributed by atoms with Crippen LogP contribution in [0.1, 0.15) is 44.4 Å². The number of rotatable bonds is 8. The van der Waals surface area contributed by atoms with Crippen molar-refractivity contribution in [1.82, 2.24) is 19.8 Å². The van der Waals surface area contributed by atoms with Gasteiger partial charge in [-0.1, -0.05) is 26.7 Å². The fourth-order valence-electron chi connectivity index (χ4n) is 3.58. The van der Waals surface area contributed by atoms with Crippen molar-refractivity contribution >= 4 is 51.3 Å². The van der Waals surface area contributed by atoms with Gasteiger partial charge in [-0.25, -0.2) is 12.7 Å². The molecule has 1 aliphatic rings. The second kappa shape index (κ2) is 13.2. The van der Waals surface area contributed by atoms with Gasteiger partial charge in [0.05, 0.1) is 6.54 Å². The Morgan fingerprint density at radius 3 is 2.33 bits per heavy atom. The lowest BCUT2D eigenvalue weighted by molar-refractivity contribution is 0.161. The molecule has 0 radical (unpaired) electrons. The van der Waals surface area contributed by atoms with Gasteiger partial charge in [0.1, 0.15) is 4.21 Å². The van der Waals surface area contributed by atoms with E-state index in [-0.39, 0.29) is 24.0 Å². The maximum absolute atomic E-state index is 12.2. The van der Waals surface area contributed by atoms with Crippen LogP contribution in [0.25, 0.3) is 0 Å². The number of likely N-dealkylation sites (tertiary alicyclic amines) is 1. The van der Waals surface area contributed by atoms with Gasteiger partial charge >= 0.3 is 0 Å². The molecule has 0 saturated carbocycles. The average Bonchev–Trinajstić information content (AvgIpc) is 3.00. The highest BCUT2D eigenvalue weighted by Gasteiger charge is 2.23. The fourth-order valence-corrected chi connectivity index (χ4v) is 6.04. The van der Waals surface area contributed by atoms with Gasteiger partial charge in [-0.05, 0) is 44.0 Å². The minimum Gasteiger partial charge on any atom is -0.355 e. The lowest BCUT2D eigenvalue weighted by Gasteiger charge is -2.34. The van der Waals surface area contributed by atoms with Gasteiger partial charge < -0.3 is 10.6 Å². The number of halogens is 1. The first kappa shape index (κ1) is 27.6. The van der Waals surface area contributed by atoms with Crippen molar-refractivity contribution in [2.75, 3.05) is 40.8 Å². The Bertz CT molecular complexity index is 757. The average molecular weight is 572 g/mol. The molecule has 10 heteroatoms. The molecule has 1 unspecified atom stereocenters. The van der Waals surface area contributed by atoms with Crippen LogP contribution in [0.4, 0.5) is 0 Å². The molecule has 1 saturated heterocycles. The number of hydrogen-bond donors (Lipinski definition) is 2. The second-order valence-electron chi connectivity index (χ2n) is 8.08. The smallest absolute Gasteiger partial charge is 0.252 e. The van der Waals surface area contributed by atoms with Gasteiger partial charge in [0.2, 0.25) is 0 Å². The molecule has 174 valence electrons. The normalized spacial score (nSPS) is 17.5. The summed E-state index contributed by atoms with van der Waals surface area (Å²) in [5, 5.41) is 6.78. The first-order valence-electron chi connectivity index (χ1n) is 10.5. The Morgan fingerprint density at radius 2 is 1.80 bits per heavy atom. The molecule has 1 aromatic rings. The summed E-state index contributed by atoms with van der Waals surface area (Å²) in [6, 6.07) is 4.00. The molecule has 2 N–H and O–H groups in total. The van der Waals surface area contributed by atoms with Gasteiger partial charge in [0.15, 0.2) is 5.96 Å². The number of guanidine groups is 1. The van der Waals surface area contributed by atoms with E-state index in [1.165, 1.54) is 54.4 Å². The van der Waals surface area contributed by atoms with Crippen molar-refractivity contribution in [3.63, 3.8) is 0 Å². The van der Waals surface area contributed by atoms with Gasteiger partial charge in [-0.3, -0.25) is 9.89 Å². The lowest BCUT2D eigenvalue weighted by atomic mass is 10.0. The Morgan fingerprint density at radius 1 is 1.17 bits per heavy atom. The highest BCUT2D eigenvalue weighted by molar-refractivity contribution is 14.0. The first-order chi connectivity index (χ1) is 13.8. The van der Waals surface area contributed by atoms with Crippen LogP contribution in [0.5, 0.6) is 0 Å². The third-order valence-electron chi connectivity index (χ3n) is 5.38. The van der Waals surface area contributed by atoms with Crippen molar-refractivity contribution in [1.29, 1.82) is 0 Å². The Kier molecular flexibility index (Phi) is 12.1. The van der Waals surface area contributed by atoms with E-state index in [1.54, 1.807) is 27.2 Å². The van der Waals surface area contributed by atoms with E-state index in [2.05, 4.69) is 34.4 Å². The molecule has 0 bridgehead atoms. The zero-order chi connectivity index (χ0) is 21.4. The molecule has 30 heavy (non-hydrogen) atoms. The minimum atomic E-state index is -3.37. The lowest BCUT2D eigenvalue weighted by Crippen LogP contribution is -2.49. The molecule has 2 rings (SSSR count). The van der Waals surface area contributed by atoms with Crippen molar-refractivity contribution in [2.45, 2.75) is 56.3 Å². The molecule has 1 fully saturated rings. The first-order valence-corrected chi connectivity index (χ1v) is 12.7. The molecule has 1 aromatic heterocycles. The number of thiophene rings is 1. The minimum absolute atomic E-state index is 0. The van der Waals surface area contributed by atoms with Crippen molar-refractivity contribution in [2.24, 2.45) is 10.9 Å². The van der Waals surface area contributed by atoms with Crippen LogP contribution >= 0.6 is 35.3 Å². The topological polar surface area (TPSA) is 77.0 Å². The van der Waals surface area contributed by atoms with Gasteiger partial charge in [0.25, 0.3) is 10.0 Å². The molecule has 2 heterocycles. The summed E-state index contributed by atoms with van der Waals surface area (Å²) in [4.78, 5) is 7.92. The van der Waals surface area contributed by atoms with Crippen LogP contribution < -0.4 is 10.6 Å². The number of nitrogens with one attached hydrogen (secondary N) is 2. The van der Waals surface area contributed by atoms with E-state index in [0.29, 0.717) is 22.7 Å². The molecule has 0 aromatic carbocycles. The third-order valence-corrected chi connectivity index (χ3v) is 8.75. The molecule has 0 spiro atoms. The van der Waals surface area contributed by atoms with Crippen molar-refractivity contribution in [3.05, 3.63) is 17.0 Å². The highest BCUT2D eigenvalue weighted by atomic mass is 127. The van der Waals surface area contributed by atoms with E-state index in [1.807, 2.05) is 6.07 Å². The standard InChI is InChI=1S/C20H37N5O2S2.HI/c1-16(2)18(25-12-8-6-7-9-13-25)15-23-20(21-3)22-14-17-10-11-19(28-17)29(26,27)24(4)5;/h10-11,16,18H,6-9,12-15H2,1-5H3,(H2,21,22,23);1H. The van der Waals surface area contributed by atoms with Crippen LogP contribution in [0.3, 0.4) is 0 Å². The van der Waals surface area contributed by atoms with Gasteiger partial charge in [-0.15, -0.1) is 35.3 Å². The van der Waals surface area contributed by atoms with Crippen LogP contribution in [-0.2, 0) is 16.6 Å². The van der Waals surface area contributed by atoms with Crippen LogP contribution in [0.15, 0.2) is 21.3 Å². The summed E-state index contributed by atoms with van der Waals surface area (Å²) in [6.45, 7) is 8.31. The number of hydrogen-bond acceptors (Lipinski definition) is 5. The van der Waals surface area contributed by atoms with Gasteiger partial charge in [-0.2, -0.15) is 0 Å². The summed E-state index contributed by atoms with van der Waals surface area (Å²) in [6.07, 6.45) is 5.24. The van der Waals surface area contributed by atoms with Crippen LogP contribution in [-0.4, -0.2) is 70.4 Å². The predicted molar refractivity (Wildman–Crippen MR) is 137 cm³/mol. The zero-order valence-corrected chi connectivity index (χ0v) is 22.8. The number of sulfonamides is 1. The fraction of sp³-hybridized carbons (Fsp3) is 0.750. The highest BCUT2D eigenvalue weighted by Crippen LogP contribution is 2.23. The molecular formula is C20H38IN5O2S2. The Labute approximate surface area is 203 Å². The summed E-state index contributed by atoms with van der Waals surface area (Å²) in [5.74, 6) is 1.31. The number of aliphatic imine (C=N–C) groups is 1. The molecule has 0 aliphatic carbocycles. The summed E-state index contributed by atoms with van der Waals surface area (Å²) in [5.41, 5.74) is 0. The quantitative estimate of drug-likeness (QED) is 0.285. The predicted octanol–water partition coefficient (Wildman–Crippen LogP) is 3.18. The Hall–Kier alpha value is -0.430. The van der Waals surface area contributed by atoms with Crippen molar-refractivity contribution in [3.8, 4) is 0 Å². The molecule has 7 nitrogen and oxygen atoms in total. The molecule has 0 amide bonds. The molecular weight excluding hydrogens is 533 g/mol. The summed E-state index contributed by atoms with van der Waals surface area (Å²) >= 11 is 1.29. The van der Waals surface area contributed by atoms with E-state index >= 15 is 0 Å². The summed E-state index contributed by atoms with van der Waals surface area (Å²) in [7, 11) is 1.49. The maximum Gasteiger partial charge on any atom is 0.252 e. The van der Waals surface area contributed by atoms with E-state index < -0.39 is 10.0 Å². The second-order valence-corrected chi connectivity index (χ2v) is 11.6.